The van der Waals surface area contributed by atoms with Crippen LogP contribution in [0.25, 0.3) is 6.08 Å². The minimum atomic E-state index is -0.0726. The van der Waals surface area contributed by atoms with Crippen molar-refractivity contribution >= 4 is 30.3 Å². The van der Waals surface area contributed by atoms with Crippen LogP contribution in [0.15, 0.2) is 24.3 Å². The summed E-state index contributed by atoms with van der Waals surface area (Å²) >= 11 is 0. The van der Waals surface area contributed by atoms with Crippen LogP contribution >= 0.6 is 12.4 Å². The van der Waals surface area contributed by atoms with Crippen molar-refractivity contribution < 1.29 is 19.1 Å². The van der Waals surface area contributed by atoms with E-state index in [-0.39, 0.29) is 36.9 Å². The molecule has 0 atom stereocenters. The van der Waals surface area contributed by atoms with Gasteiger partial charge < -0.3 is 24.6 Å². The van der Waals surface area contributed by atoms with Crippen molar-refractivity contribution in [2.45, 2.75) is 38.6 Å². The fraction of sp³-hybridized carbons (Fsp3) is 0.583. The van der Waals surface area contributed by atoms with E-state index in [9.17, 15) is 9.59 Å². The van der Waals surface area contributed by atoms with Gasteiger partial charge in [-0.2, -0.15) is 0 Å². The molecule has 0 bridgehead atoms. The Hall–Kier alpha value is -2.25. The zero-order valence-electron chi connectivity index (χ0n) is 19.3. The van der Waals surface area contributed by atoms with Gasteiger partial charge in [0, 0.05) is 38.3 Å². The van der Waals surface area contributed by atoms with Gasteiger partial charge in [0.05, 0.1) is 7.11 Å². The summed E-state index contributed by atoms with van der Waals surface area (Å²) in [5.74, 6) is 1.72. The highest BCUT2D eigenvalue weighted by Crippen LogP contribution is 2.29. The number of piperazine rings is 1. The van der Waals surface area contributed by atoms with Crippen LogP contribution in [-0.4, -0.2) is 74.6 Å². The highest BCUT2D eigenvalue weighted by molar-refractivity contribution is 5.92. The third-order valence-electron chi connectivity index (χ3n) is 6.18. The van der Waals surface area contributed by atoms with Crippen LogP contribution in [0, 0.1) is 5.92 Å². The van der Waals surface area contributed by atoms with Crippen LogP contribution in [0.5, 0.6) is 11.5 Å². The Kier molecular flexibility index (Phi) is 10.3. The number of nitrogens with one attached hydrogen (secondary N) is 1. The predicted molar refractivity (Wildman–Crippen MR) is 128 cm³/mol. The number of ether oxygens (including phenoxy) is 2. The summed E-state index contributed by atoms with van der Waals surface area (Å²) < 4.78 is 11.2. The molecule has 178 valence electrons. The Morgan fingerprint density at radius 3 is 2.44 bits per heavy atom. The third kappa shape index (κ3) is 7.71. The quantitative estimate of drug-likeness (QED) is 0.627. The molecular weight excluding hydrogens is 430 g/mol. The zero-order valence-corrected chi connectivity index (χ0v) is 20.2. The van der Waals surface area contributed by atoms with E-state index in [4.69, 9.17) is 9.47 Å². The van der Waals surface area contributed by atoms with E-state index in [2.05, 4.69) is 24.2 Å². The van der Waals surface area contributed by atoms with Gasteiger partial charge >= 0.3 is 0 Å². The number of nitrogens with zero attached hydrogens (tertiary/aromatic N) is 2. The average Bonchev–Trinajstić information content (AvgIpc) is 2.78. The first kappa shape index (κ1) is 26.0. The SMILES string of the molecule is COc1cc(/C=C/C(=O)N[C@H]2CC[C@H](C)CC2)ccc1OCC(=O)N1CCN(C)CC1.Cl. The molecule has 1 N–H and O–H groups in total. The number of hydrogen-bond acceptors (Lipinski definition) is 5. The number of amides is 2. The molecule has 8 heteroatoms. The Balaban J connectivity index is 0.00000363. The van der Waals surface area contributed by atoms with E-state index < -0.39 is 0 Å². The molecular formula is C24H36ClN3O4. The number of methoxy groups -OCH3 is 1. The lowest BCUT2D eigenvalue weighted by Gasteiger charge is -2.32. The lowest BCUT2D eigenvalue weighted by Crippen LogP contribution is -2.48. The van der Waals surface area contributed by atoms with Crippen molar-refractivity contribution in [3.8, 4) is 11.5 Å². The van der Waals surface area contributed by atoms with E-state index in [0.717, 1.165) is 50.5 Å². The number of carbonyl (C=O) groups is 2. The maximum atomic E-state index is 12.4. The van der Waals surface area contributed by atoms with Crippen molar-refractivity contribution in [2.75, 3.05) is 46.9 Å². The molecule has 7 nitrogen and oxygen atoms in total. The number of hydrogen-bond donors (Lipinski definition) is 1. The zero-order chi connectivity index (χ0) is 22.2. The Morgan fingerprint density at radius 2 is 1.78 bits per heavy atom. The van der Waals surface area contributed by atoms with Crippen LogP contribution < -0.4 is 14.8 Å². The minimum Gasteiger partial charge on any atom is -0.493 e. The van der Waals surface area contributed by atoms with Crippen molar-refractivity contribution in [1.29, 1.82) is 0 Å². The Bertz CT molecular complexity index is 785. The first-order valence-corrected chi connectivity index (χ1v) is 11.2. The lowest BCUT2D eigenvalue weighted by molar-refractivity contribution is -0.135. The molecule has 3 rings (SSSR count). The van der Waals surface area contributed by atoms with Crippen LogP contribution in [0.3, 0.4) is 0 Å². The summed E-state index contributed by atoms with van der Waals surface area (Å²) in [5.41, 5.74) is 0.835. The fourth-order valence-electron chi connectivity index (χ4n) is 4.02. The van der Waals surface area contributed by atoms with E-state index in [1.165, 1.54) is 12.8 Å². The number of likely N-dealkylation sites (N-methyl/N-ethyl adjacent to an activating group) is 1. The van der Waals surface area contributed by atoms with Gasteiger partial charge in [-0.15, -0.1) is 12.4 Å². The Morgan fingerprint density at radius 1 is 1.09 bits per heavy atom. The summed E-state index contributed by atoms with van der Waals surface area (Å²) in [5, 5.41) is 3.09. The van der Waals surface area contributed by atoms with Gasteiger partial charge in [0.25, 0.3) is 5.91 Å². The van der Waals surface area contributed by atoms with E-state index in [0.29, 0.717) is 11.5 Å². The number of carbonyl (C=O) groups excluding carboxylic acids is 2. The van der Waals surface area contributed by atoms with Crippen molar-refractivity contribution in [3.63, 3.8) is 0 Å². The predicted octanol–water partition coefficient (Wildman–Crippen LogP) is 2.98. The minimum absolute atomic E-state index is 0. The second kappa shape index (κ2) is 12.7. The molecule has 1 saturated carbocycles. The monoisotopic (exact) mass is 465 g/mol. The maximum Gasteiger partial charge on any atom is 0.260 e. The first-order valence-electron chi connectivity index (χ1n) is 11.2. The molecule has 1 aliphatic carbocycles. The molecule has 1 aromatic rings. The van der Waals surface area contributed by atoms with Gasteiger partial charge in [0.15, 0.2) is 18.1 Å². The number of halogens is 1. The summed E-state index contributed by atoms with van der Waals surface area (Å²) in [6.45, 7) is 5.45. The normalized spacial score (nSPS) is 21.7. The summed E-state index contributed by atoms with van der Waals surface area (Å²) in [6.07, 6.45) is 7.77. The number of benzene rings is 1. The molecule has 32 heavy (non-hydrogen) atoms. The second-order valence-corrected chi connectivity index (χ2v) is 8.68. The molecule has 0 radical (unpaired) electrons. The summed E-state index contributed by atoms with van der Waals surface area (Å²) in [4.78, 5) is 28.7. The smallest absolute Gasteiger partial charge is 0.260 e. The number of rotatable bonds is 7. The molecule has 1 heterocycles. The van der Waals surface area contributed by atoms with Gasteiger partial charge in [-0.05, 0) is 62.4 Å². The van der Waals surface area contributed by atoms with Crippen molar-refractivity contribution in [3.05, 3.63) is 29.8 Å². The van der Waals surface area contributed by atoms with Crippen molar-refractivity contribution in [1.82, 2.24) is 15.1 Å². The summed E-state index contributed by atoms with van der Waals surface area (Å²) in [6, 6.07) is 5.71. The van der Waals surface area contributed by atoms with Crippen LogP contribution in [0.1, 0.15) is 38.2 Å². The third-order valence-corrected chi connectivity index (χ3v) is 6.18. The highest BCUT2D eigenvalue weighted by Gasteiger charge is 2.20. The molecule has 2 fully saturated rings. The first-order chi connectivity index (χ1) is 14.9. The van der Waals surface area contributed by atoms with Gasteiger partial charge in [-0.25, -0.2) is 0 Å². The molecule has 1 aromatic carbocycles. The Labute approximate surface area is 197 Å². The fourth-order valence-corrected chi connectivity index (χ4v) is 4.02. The van der Waals surface area contributed by atoms with Gasteiger partial charge in [-0.1, -0.05) is 13.0 Å². The molecule has 0 unspecified atom stereocenters. The van der Waals surface area contributed by atoms with Crippen molar-refractivity contribution in [2.24, 2.45) is 5.92 Å². The molecule has 2 amide bonds. The standard InChI is InChI=1S/C24H35N3O4.ClH/c1-18-4-8-20(9-5-18)25-23(28)11-7-19-6-10-21(22(16-19)30-3)31-17-24(29)27-14-12-26(2)13-15-27;/h6-7,10-11,16,18,20H,4-5,8-9,12-15,17H2,1-3H3,(H,25,28);1H/b11-7+;/t18-,20-;. The highest BCUT2D eigenvalue weighted by atomic mass is 35.5. The van der Waals surface area contributed by atoms with Crippen LogP contribution in [0.4, 0.5) is 0 Å². The lowest BCUT2D eigenvalue weighted by atomic mass is 9.87. The van der Waals surface area contributed by atoms with Gasteiger partial charge in [0.2, 0.25) is 5.91 Å². The summed E-state index contributed by atoms with van der Waals surface area (Å²) in [7, 11) is 3.62. The van der Waals surface area contributed by atoms with Crippen LogP contribution in [-0.2, 0) is 9.59 Å². The molecule has 0 spiro atoms. The molecule has 1 saturated heterocycles. The van der Waals surface area contributed by atoms with Gasteiger partial charge in [0.1, 0.15) is 0 Å². The van der Waals surface area contributed by atoms with E-state index >= 15 is 0 Å². The van der Waals surface area contributed by atoms with E-state index in [1.54, 1.807) is 25.3 Å². The van der Waals surface area contributed by atoms with Gasteiger partial charge in [-0.3, -0.25) is 9.59 Å². The topological polar surface area (TPSA) is 71.1 Å². The largest absolute Gasteiger partial charge is 0.493 e. The molecule has 2 aliphatic rings. The van der Waals surface area contributed by atoms with E-state index in [1.807, 2.05) is 17.0 Å². The molecule has 0 aromatic heterocycles. The maximum absolute atomic E-state index is 12.4. The molecule has 1 aliphatic heterocycles. The second-order valence-electron chi connectivity index (χ2n) is 8.68. The van der Waals surface area contributed by atoms with Crippen LogP contribution in [0.2, 0.25) is 0 Å². The average molecular weight is 466 g/mol.